The molecule has 1 aliphatic rings. The van der Waals surface area contributed by atoms with Crippen LogP contribution >= 0.6 is 0 Å². The number of carbonyl (C=O) groups is 2. The number of aromatic amines is 1. The van der Waals surface area contributed by atoms with E-state index in [1.54, 1.807) is 11.1 Å². The molecule has 33 heavy (non-hydrogen) atoms. The van der Waals surface area contributed by atoms with Gasteiger partial charge in [-0.1, -0.05) is 6.08 Å². The smallest absolute Gasteiger partial charge is 0.243 e. The van der Waals surface area contributed by atoms with Crippen molar-refractivity contribution in [3.8, 4) is 0 Å². The van der Waals surface area contributed by atoms with Gasteiger partial charge in [0.25, 0.3) is 0 Å². The van der Waals surface area contributed by atoms with Crippen molar-refractivity contribution in [2.75, 3.05) is 32.0 Å². The van der Waals surface area contributed by atoms with Crippen molar-refractivity contribution in [3.05, 3.63) is 60.4 Å². The first-order chi connectivity index (χ1) is 15.8. The second kappa shape index (κ2) is 9.16. The topological polar surface area (TPSA) is 115 Å². The van der Waals surface area contributed by atoms with Crippen LogP contribution in [0.5, 0.6) is 0 Å². The molecule has 0 saturated carbocycles. The van der Waals surface area contributed by atoms with Crippen LogP contribution in [0, 0.1) is 0 Å². The van der Waals surface area contributed by atoms with Gasteiger partial charge in [0.15, 0.2) is 0 Å². The molecule has 9 nitrogen and oxygen atoms in total. The number of nitrogens with one attached hydrogen (secondary N) is 2. The predicted octanol–water partition coefficient (Wildman–Crippen LogP) is 2.46. The lowest BCUT2D eigenvalue weighted by molar-refractivity contribution is -0.130. The average Bonchev–Trinajstić information content (AvgIpc) is 3.23. The van der Waals surface area contributed by atoms with Gasteiger partial charge in [-0.05, 0) is 48.4 Å². The van der Waals surface area contributed by atoms with E-state index < -0.39 is 10.0 Å². The van der Waals surface area contributed by atoms with E-state index in [0.717, 1.165) is 26.5 Å². The molecular formula is C23H25N5O4S. The van der Waals surface area contributed by atoms with E-state index in [0.29, 0.717) is 25.2 Å². The fourth-order valence-electron chi connectivity index (χ4n) is 3.83. The Morgan fingerprint density at radius 2 is 1.97 bits per heavy atom. The van der Waals surface area contributed by atoms with E-state index in [-0.39, 0.29) is 23.3 Å². The summed E-state index contributed by atoms with van der Waals surface area (Å²) in [5, 5.41) is 3.63. The molecule has 2 aromatic heterocycles. The number of anilines is 1. The van der Waals surface area contributed by atoms with Gasteiger partial charge in [-0.3, -0.25) is 9.59 Å². The third kappa shape index (κ3) is 4.81. The normalized spacial score (nSPS) is 14.4. The maximum absolute atomic E-state index is 12.9. The number of likely N-dealkylation sites (N-methyl/N-ethyl adjacent to an activating group) is 1. The minimum absolute atomic E-state index is 0.0562. The van der Waals surface area contributed by atoms with E-state index in [1.165, 1.54) is 38.2 Å². The third-order valence-electron chi connectivity index (χ3n) is 5.60. The number of rotatable bonds is 6. The number of sulfonamides is 1. The Morgan fingerprint density at radius 1 is 1.21 bits per heavy atom. The van der Waals surface area contributed by atoms with Crippen LogP contribution in [0.1, 0.15) is 18.9 Å². The molecule has 1 aliphatic heterocycles. The average molecular weight is 468 g/mol. The number of hydrogen-bond acceptors (Lipinski definition) is 5. The summed E-state index contributed by atoms with van der Waals surface area (Å²) in [7, 11) is -2.45. The lowest BCUT2D eigenvalue weighted by Crippen LogP contribution is -2.42. The van der Waals surface area contributed by atoms with E-state index in [2.05, 4.69) is 15.3 Å². The fraction of sp³-hybridized carbons (Fsp3) is 0.261. The van der Waals surface area contributed by atoms with Gasteiger partial charge in [0.2, 0.25) is 21.8 Å². The number of aromatic nitrogens is 2. The van der Waals surface area contributed by atoms with Crippen molar-refractivity contribution in [3.63, 3.8) is 0 Å². The molecule has 2 N–H and O–H groups in total. The molecule has 0 aliphatic carbocycles. The van der Waals surface area contributed by atoms with Crippen LogP contribution in [0.25, 0.3) is 16.6 Å². The number of fused-ring (bicyclic) bond motifs is 1. The molecule has 0 radical (unpaired) electrons. The Bertz CT molecular complexity index is 1330. The van der Waals surface area contributed by atoms with Gasteiger partial charge in [0.05, 0.1) is 11.4 Å². The van der Waals surface area contributed by atoms with Crippen molar-refractivity contribution in [2.24, 2.45) is 0 Å². The SMILES string of the molecule is CC(=O)Nc1ccc(S(=O)(=O)N(C)CC(=O)N2CC=C(c3c[nH]c4ncccc34)CC2)cc1. The van der Waals surface area contributed by atoms with Gasteiger partial charge in [-0.25, -0.2) is 13.4 Å². The van der Waals surface area contributed by atoms with E-state index in [1.807, 2.05) is 24.4 Å². The minimum atomic E-state index is -3.84. The Kier molecular flexibility index (Phi) is 6.30. The summed E-state index contributed by atoms with van der Waals surface area (Å²) in [4.78, 5) is 33.1. The van der Waals surface area contributed by atoms with Gasteiger partial charge in [0, 0.05) is 56.1 Å². The van der Waals surface area contributed by atoms with Crippen molar-refractivity contribution < 1.29 is 18.0 Å². The Labute approximate surface area is 192 Å². The molecule has 0 saturated heterocycles. The van der Waals surface area contributed by atoms with Gasteiger partial charge >= 0.3 is 0 Å². The predicted molar refractivity (Wildman–Crippen MR) is 126 cm³/mol. The molecule has 3 aromatic rings. The molecule has 0 spiro atoms. The zero-order valence-corrected chi connectivity index (χ0v) is 19.2. The molecule has 0 fully saturated rings. The summed E-state index contributed by atoms with van der Waals surface area (Å²) in [6.07, 6.45) is 6.35. The monoisotopic (exact) mass is 467 g/mol. The van der Waals surface area contributed by atoms with Crippen molar-refractivity contribution in [1.82, 2.24) is 19.2 Å². The highest BCUT2D eigenvalue weighted by Crippen LogP contribution is 2.28. The van der Waals surface area contributed by atoms with Gasteiger partial charge < -0.3 is 15.2 Å². The largest absolute Gasteiger partial charge is 0.346 e. The van der Waals surface area contributed by atoms with Crippen LogP contribution in [0.4, 0.5) is 5.69 Å². The Morgan fingerprint density at radius 3 is 2.64 bits per heavy atom. The third-order valence-corrected chi connectivity index (χ3v) is 7.42. The highest BCUT2D eigenvalue weighted by molar-refractivity contribution is 7.89. The summed E-state index contributed by atoms with van der Waals surface area (Å²) in [6, 6.07) is 9.75. The second-order valence-corrected chi connectivity index (χ2v) is 9.93. The molecule has 4 rings (SSSR count). The number of benzene rings is 1. The first-order valence-electron chi connectivity index (χ1n) is 10.5. The molecular weight excluding hydrogens is 442 g/mol. The number of amides is 2. The maximum Gasteiger partial charge on any atom is 0.243 e. The number of pyridine rings is 1. The van der Waals surface area contributed by atoms with Crippen LogP contribution in [0.2, 0.25) is 0 Å². The second-order valence-electron chi connectivity index (χ2n) is 7.89. The van der Waals surface area contributed by atoms with Crippen LogP contribution in [-0.4, -0.2) is 66.1 Å². The number of H-pyrrole nitrogens is 1. The van der Waals surface area contributed by atoms with Crippen LogP contribution in [-0.2, 0) is 19.6 Å². The summed E-state index contributed by atoms with van der Waals surface area (Å²) in [5.74, 6) is -0.500. The fourth-order valence-corrected chi connectivity index (χ4v) is 4.95. The number of hydrogen-bond donors (Lipinski definition) is 2. The Balaban J connectivity index is 1.40. The molecule has 0 atom stereocenters. The van der Waals surface area contributed by atoms with Crippen molar-refractivity contribution >= 4 is 44.1 Å². The summed E-state index contributed by atoms with van der Waals surface area (Å²) < 4.78 is 26.8. The van der Waals surface area contributed by atoms with Gasteiger partial charge in [0.1, 0.15) is 5.65 Å². The maximum atomic E-state index is 12.9. The standard InChI is InChI=1S/C23H25N5O4S/c1-16(29)26-18-5-7-19(8-6-18)33(31,32)27(2)15-22(30)28-12-9-17(10-13-28)21-14-25-23-20(21)4-3-11-24-23/h3-9,11,14H,10,12-13,15H2,1-2H3,(H,24,25)(H,26,29). The number of nitrogens with zero attached hydrogens (tertiary/aromatic N) is 3. The quantitative estimate of drug-likeness (QED) is 0.578. The lowest BCUT2D eigenvalue weighted by Gasteiger charge is -2.28. The van der Waals surface area contributed by atoms with Crippen molar-refractivity contribution in [2.45, 2.75) is 18.2 Å². The summed E-state index contributed by atoms with van der Waals surface area (Å²) in [6.45, 7) is 2.05. The first kappa shape index (κ1) is 22.7. The molecule has 3 heterocycles. The van der Waals surface area contributed by atoms with E-state index >= 15 is 0 Å². The molecule has 1 aromatic carbocycles. The molecule has 172 valence electrons. The summed E-state index contributed by atoms with van der Waals surface area (Å²) >= 11 is 0. The minimum Gasteiger partial charge on any atom is -0.346 e. The zero-order valence-electron chi connectivity index (χ0n) is 18.4. The molecule has 0 unspecified atom stereocenters. The highest BCUT2D eigenvalue weighted by atomic mass is 32.2. The molecule has 2 amide bonds. The van der Waals surface area contributed by atoms with Crippen LogP contribution in [0.3, 0.4) is 0 Å². The van der Waals surface area contributed by atoms with Crippen LogP contribution in [0.15, 0.2) is 59.8 Å². The lowest BCUT2D eigenvalue weighted by atomic mass is 9.99. The summed E-state index contributed by atoms with van der Waals surface area (Å²) in [5.41, 5.74) is 3.54. The molecule has 0 bridgehead atoms. The van der Waals surface area contributed by atoms with Gasteiger partial charge in [-0.15, -0.1) is 0 Å². The Hall–Kier alpha value is -3.50. The van der Waals surface area contributed by atoms with Crippen LogP contribution < -0.4 is 5.32 Å². The van der Waals surface area contributed by atoms with E-state index in [4.69, 9.17) is 0 Å². The first-order valence-corrected chi connectivity index (χ1v) is 11.9. The number of carbonyl (C=O) groups excluding carboxylic acids is 2. The zero-order chi connectivity index (χ0) is 23.6. The van der Waals surface area contributed by atoms with E-state index in [9.17, 15) is 18.0 Å². The van der Waals surface area contributed by atoms with Gasteiger partial charge in [-0.2, -0.15) is 4.31 Å². The van der Waals surface area contributed by atoms with Crippen molar-refractivity contribution in [1.29, 1.82) is 0 Å². The molecule has 10 heteroatoms. The highest BCUT2D eigenvalue weighted by Gasteiger charge is 2.26.